The van der Waals surface area contributed by atoms with Crippen molar-refractivity contribution in [3.8, 4) is 11.1 Å². The molecule has 0 aliphatic heterocycles. The number of benzene rings is 2. The molecule has 2 aromatic rings. The molecule has 1 aliphatic carbocycles. The number of rotatable bonds is 7. The van der Waals surface area contributed by atoms with Gasteiger partial charge in [0.15, 0.2) is 0 Å². The fraction of sp³-hybridized carbons (Fsp3) is 0.520. The Kier molecular flexibility index (Phi) is 6.88. The largest absolute Gasteiger partial charge is 0.207 e. The summed E-state index contributed by atoms with van der Waals surface area (Å²) in [7, 11) is 0. The zero-order valence-corrected chi connectivity index (χ0v) is 16.4. The van der Waals surface area contributed by atoms with Crippen molar-refractivity contribution >= 4 is 0 Å². The van der Waals surface area contributed by atoms with E-state index in [1.54, 1.807) is 0 Å². The molecule has 0 saturated heterocycles. The first-order chi connectivity index (χ1) is 12.7. The minimum Gasteiger partial charge on any atom is -0.207 e. The zero-order valence-electron chi connectivity index (χ0n) is 16.4. The third-order valence-electron chi connectivity index (χ3n) is 6.35. The van der Waals surface area contributed by atoms with Crippen LogP contribution in [0.2, 0.25) is 0 Å². The standard InChI is InChI=1S/C25H33F/c1-3-4-5-20-6-10-22(11-7-20)19(2)18-21-8-12-23(13-9-21)24-14-16-25(26)17-15-24/h8-9,12-17,19-20,22H,3-7,10-11,18H2,1-2H3. The first-order valence-electron chi connectivity index (χ1n) is 10.5. The average Bonchev–Trinajstić information content (AvgIpc) is 2.68. The van der Waals surface area contributed by atoms with E-state index in [-0.39, 0.29) is 5.82 Å². The topological polar surface area (TPSA) is 0 Å². The monoisotopic (exact) mass is 352 g/mol. The molecule has 1 fully saturated rings. The Morgan fingerprint density at radius 2 is 1.46 bits per heavy atom. The molecule has 26 heavy (non-hydrogen) atoms. The van der Waals surface area contributed by atoms with Gasteiger partial charge in [0.05, 0.1) is 0 Å². The van der Waals surface area contributed by atoms with Crippen LogP contribution in [0.4, 0.5) is 4.39 Å². The predicted octanol–water partition coefficient (Wildman–Crippen LogP) is 7.67. The third kappa shape index (κ3) is 5.19. The molecule has 2 aromatic carbocycles. The summed E-state index contributed by atoms with van der Waals surface area (Å²) in [6, 6.07) is 15.6. The fourth-order valence-electron chi connectivity index (χ4n) is 4.55. The van der Waals surface area contributed by atoms with Crippen molar-refractivity contribution < 1.29 is 4.39 Å². The van der Waals surface area contributed by atoms with Crippen molar-refractivity contribution in [1.82, 2.24) is 0 Å². The van der Waals surface area contributed by atoms with Crippen LogP contribution < -0.4 is 0 Å². The van der Waals surface area contributed by atoms with E-state index in [0.717, 1.165) is 28.9 Å². The van der Waals surface area contributed by atoms with Crippen molar-refractivity contribution in [3.63, 3.8) is 0 Å². The quantitative estimate of drug-likeness (QED) is 0.479. The molecule has 1 unspecified atom stereocenters. The molecule has 3 rings (SSSR count). The molecule has 1 atom stereocenters. The smallest absolute Gasteiger partial charge is 0.123 e. The number of hydrogen-bond donors (Lipinski definition) is 0. The maximum atomic E-state index is 13.1. The highest BCUT2D eigenvalue weighted by molar-refractivity contribution is 5.63. The van der Waals surface area contributed by atoms with Crippen LogP contribution in [-0.2, 0) is 6.42 Å². The normalized spacial score (nSPS) is 21.5. The van der Waals surface area contributed by atoms with Gasteiger partial charge in [0.2, 0.25) is 0 Å². The van der Waals surface area contributed by atoms with Crippen molar-refractivity contribution in [3.05, 3.63) is 59.9 Å². The Morgan fingerprint density at radius 1 is 0.885 bits per heavy atom. The Bertz CT molecular complexity index is 648. The van der Waals surface area contributed by atoms with Gasteiger partial charge in [0.1, 0.15) is 5.82 Å². The molecule has 1 aliphatic rings. The highest BCUT2D eigenvalue weighted by Gasteiger charge is 2.24. The van der Waals surface area contributed by atoms with Crippen LogP contribution in [-0.4, -0.2) is 0 Å². The van der Waals surface area contributed by atoms with E-state index in [9.17, 15) is 4.39 Å². The van der Waals surface area contributed by atoms with Crippen LogP contribution in [0.15, 0.2) is 48.5 Å². The van der Waals surface area contributed by atoms with Crippen LogP contribution >= 0.6 is 0 Å². The van der Waals surface area contributed by atoms with Gasteiger partial charge in [-0.15, -0.1) is 0 Å². The van der Waals surface area contributed by atoms with Crippen molar-refractivity contribution in [2.24, 2.45) is 17.8 Å². The fourth-order valence-corrected chi connectivity index (χ4v) is 4.55. The summed E-state index contributed by atoms with van der Waals surface area (Å²) in [5.41, 5.74) is 3.67. The van der Waals surface area contributed by atoms with Gasteiger partial charge >= 0.3 is 0 Å². The van der Waals surface area contributed by atoms with E-state index in [4.69, 9.17) is 0 Å². The Morgan fingerprint density at radius 3 is 2.04 bits per heavy atom. The van der Waals surface area contributed by atoms with Gasteiger partial charge in [-0.3, -0.25) is 0 Å². The van der Waals surface area contributed by atoms with Crippen LogP contribution in [0.25, 0.3) is 11.1 Å². The van der Waals surface area contributed by atoms with E-state index >= 15 is 0 Å². The molecule has 0 aromatic heterocycles. The summed E-state index contributed by atoms with van der Waals surface area (Å²) >= 11 is 0. The number of halogens is 1. The first kappa shape index (κ1) is 19.1. The van der Waals surface area contributed by atoms with Crippen molar-refractivity contribution in [2.75, 3.05) is 0 Å². The van der Waals surface area contributed by atoms with Gasteiger partial charge < -0.3 is 0 Å². The molecule has 0 amide bonds. The van der Waals surface area contributed by atoms with Gasteiger partial charge in [0, 0.05) is 0 Å². The van der Waals surface area contributed by atoms with Gasteiger partial charge in [0.25, 0.3) is 0 Å². The van der Waals surface area contributed by atoms with E-state index in [0.29, 0.717) is 0 Å². The summed E-state index contributed by atoms with van der Waals surface area (Å²) in [4.78, 5) is 0. The highest BCUT2D eigenvalue weighted by Crippen LogP contribution is 2.36. The maximum Gasteiger partial charge on any atom is 0.123 e. The van der Waals surface area contributed by atoms with Crippen LogP contribution in [0.1, 0.15) is 64.4 Å². The van der Waals surface area contributed by atoms with Crippen molar-refractivity contribution in [1.29, 1.82) is 0 Å². The minimum atomic E-state index is -0.177. The van der Waals surface area contributed by atoms with Crippen LogP contribution in [0, 0.1) is 23.6 Å². The number of unbranched alkanes of at least 4 members (excludes halogenated alkanes) is 1. The lowest BCUT2D eigenvalue weighted by molar-refractivity contribution is 0.205. The molecule has 1 heteroatoms. The SMILES string of the molecule is CCCCC1CCC(C(C)Cc2ccc(-c3ccc(F)cc3)cc2)CC1. The summed E-state index contributed by atoms with van der Waals surface area (Å²) in [5, 5.41) is 0. The lowest BCUT2D eigenvalue weighted by Crippen LogP contribution is -2.21. The first-order valence-corrected chi connectivity index (χ1v) is 10.5. The van der Waals surface area contributed by atoms with Gasteiger partial charge in [-0.05, 0) is 65.8 Å². The second-order valence-corrected chi connectivity index (χ2v) is 8.31. The summed E-state index contributed by atoms with van der Waals surface area (Å²) in [6.07, 6.45) is 11.1. The highest BCUT2D eigenvalue weighted by atomic mass is 19.1. The minimum absolute atomic E-state index is 0.177. The summed E-state index contributed by atoms with van der Waals surface area (Å²) in [5.74, 6) is 2.47. The van der Waals surface area contributed by atoms with E-state index in [1.165, 1.54) is 69.1 Å². The molecule has 0 spiro atoms. The van der Waals surface area contributed by atoms with Crippen LogP contribution in [0.5, 0.6) is 0 Å². The third-order valence-corrected chi connectivity index (χ3v) is 6.35. The average molecular weight is 353 g/mol. The predicted molar refractivity (Wildman–Crippen MR) is 110 cm³/mol. The van der Waals surface area contributed by atoms with E-state index < -0.39 is 0 Å². The molecule has 0 N–H and O–H groups in total. The Hall–Kier alpha value is -1.63. The molecule has 140 valence electrons. The molecular formula is C25H33F. The summed E-state index contributed by atoms with van der Waals surface area (Å²) in [6.45, 7) is 4.74. The lowest BCUT2D eigenvalue weighted by atomic mass is 9.73. The van der Waals surface area contributed by atoms with E-state index in [2.05, 4.69) is 38.1 Å². The van der Waals surface area contributed by atoms with Gasteiger partial charge in [-0.2, -0.15) is 0 Å². The maximum absolute atomic E-state index is 13.1. The molecule has 0 heterocycles. The molecular weight excluding hydrogens is 319 g/mol. The van der Waals surface area contributed by atoms with E-state index in [1.807, 2.05) is 12.1 Å². The van der Waals surface area contributed by atoms with Gasteiger partial charge in [-0.1, -0.05) is 82.3 Å². The molecule has 0 radical (unpaired) electrons. The number of hydrogen-bond acceptors (Lipinski definition) is 0. The summed E-state index contributed by atoms with van der Waals surface area (Å²) < 4.78 is 13.1. The Labute approximate surface area is 158 Å². The molecule has 1 saturated carbocycles. The Balaban J connectivity index is 1.52. The van der Waals surface area contributed by atoms with Crippen LogP contribution in [0.3, 0.4) is 0 Å². The van der Waals surface area contributed by atoms with Crippen molar-refractivity contribution in [2.45, 2.75) is 65.2 Å². The lowest BCUT2D eigenvalue weighted by Gasteiger charge is -2.32. The molecule has 0 nitrogen and oxygen atoms in total. The second kappa shape index (κ2) is 9.35. The zero-order chi connectivity index (χ0) is 18.4. The molecule has 0 bridgehead atoms. The second-order valence-electron chi connectivity index (χ2n) is 8.31. The van der Waals surface area contributed by atoms with Gasteiger partial charge in [-0.25, -0.2) is 4.39 Å².